The van der Waals surface area contributed by atoms with Gasteiger partial charge in [-0.15, -0.1) is 0 Å². The second kappa shape index (κ2) is 3.64. The van der Waals surface area contributed by atoms with Crippen molar-refractivity contribution in [1.29, 1.82) is 0 Å². The van der Waals surface area contributed by atoms with Crippen LogP contribution in [0.4, 0.5) is 0 Å². The summed E-state index contributed by atoms with van der Waals surface area (Å²) < 4.78 is 11.3. The van der Waals surface area contributed by atoms with Gasteiger partial charge >= 0.3 is 0 Å². The number of hydrogen-bond acceptors (Lipinski definition) is 3. The molecule has 0 saturated heterocycles. The maximum absolute atomic E-state index is 6.51. The number of ether oxygens (including phenoxy) is 2. The highest BCUT2D eigenvalue weighted by atomic mass is 16.5. The summed E-state index contributed by atoms with van der Waals surface area (Å²) in [5, 5.41) is 0. The predicted octanol–water partition coefficient (Wildman–Crippen LogP) is 2.28. The second-order valence-corrected chi connectivity index (χ2v) is 5.19. The van der Waals surface area contributed by atoms with Crippen LogP contribution in [0.5, 0.6) is 11.5 Å². The number of benzene rings is 1. The first-order chi connectivity index (χ1) is 8.15. The van der Waals surface area contributed by atoms with E-state index in [4.69, 9.17) is 15.2 Å². The van der Waals surface area contributed by atoms with E-state index in [1.54, 1.807) is 7.11 Å². The molecule has 1 fully saturated rings. The van der Waals surface area contributed by atoms with Crippen molar-refractivity contribution >= 4 is 0 Å². The van der Waals surface area contributed by atoms with Crippen LogP contribution < -0.4 is 15.2 Å². The van der Waals surface area contributed by atoms with Gasteiger partial charge in [0.2, 0.25) is 0 Å². The van der Waals surface area contributed by atoms with E-state index in [9.17, 15) is 0 Å². The van der Waals surface area contributed by atoms with Crippen LogP contribution in [0.15, 0.2) is 6.07 Å². The van der Waals surface area contributed by atoms with Crippen LogP contribution in [-0.2, 0) is 12.0 Å². The van der Waals surface area contributed by atoms with Crippen molar-refractivity contribution in [3.05, 3.63) is 22.8 Å². The van der Waals surface area contributed by atoms with Gasteiger partial charge in [-0.3, -0.25) is 0 Å². The highest BCUT2D eigenvalue weighted by molar-refractivity contribution is 5.58. The van der Waals surface area contributed by atoms with E-state index in [-0.39, 0.29) is 5.54 Å². The molecule has 0 bridgehead atoms. The zero-order valence-electron chi connectivity index (χ0n) is 10.5. The molecule has 0 atom stereocenters. The van der Waals surface area contributed by atoms with E-state index >= 15 is 0 Å². The summed E-state index contributed by atoms with van der Waals surface area (Å²) in [4.78, 5) is 0. The summed E-state index contributed by atoms with van der Waals surface area (Å²) in [6.07, 6.45) is 4.28. The van der Waals surface area contributed by atoms with Crippen molar-refractivity contribution in [3.8, 4) is 11.5 Å². The van der Waals surface area contributed by atoms with Crippen molar-refractivity contribution < 1.29 is 9.47 Å². The first-order valence-electron chi connectivity index (χ1n) is 6.28. The molecule has 1 heterocycles. The minimum Gasteiger partial charge on any atom is -0.496 e. The Kier molecular flexibility index (Phi) is 2.33. The third-order valence-electron chi connectivity index (χ3n) is 4.09. The first kappa shape index (κ1) is 10.9. The lowest BCUT2D eigenvalue weighted by molar-refractivity contribution is 0.242. The normalized spacial score (nSPS) is 20.4. The molecule has 0 radical (unpaired) electrons. The predicted molar refractivity (Wildman–Crippen MR) is 66.6 cm³/mol. The molecule has 1 aromatic carbocycles. The fourth-order valence-corrected chi connectivity index (χ4v) is 3.04. The Morgan fingerprint density at radius 1 is 1.41 bits per heavy atom. The summed E-state index contributed by atoms with van der Waals surface area (Å²) in [6.45, 7) is 2.83. The zero-order valence-corrected chi connectivity index (χ0v) is 10.5. The summed E-state index contributed by atoms with van der Waals surface area (Å²) in [6, 6.07) is 2.08. The molecule has 3 heteroatoms. The number of methoxy groups -OCH3 is 1. The minimum absolute atomic E-state index is 0.185. The molecule has 1 aromatic rings. The topological polar surface area (TPSA) is 44.5 Å². The number of nitrogens with two attached hydrogens (primary N) is 1. The van der Waals surface area contributed by atoms with Crippen molar-refractivity contribution in [2.45, 2.75) is 38.1 Å². The number of rotatable bonds is 2. The fourth-order valence-electron chi connectivity index (χ4n) is 3.04. The Balaban J connectivity index is 2.23. The van der Waals surface area contributed by atoms with Gasteiger partial charge in [0.1, 0.15) is 11.5 Å². The molecule has 0 aromatic heterocycles. The number of hydrogen-bond donors (Lipinski definition) is 1. The van der Waals surface area contributed by atoms with E-state index in [1.807, 2.05) is 0 Å². The fraction of sp³-hybridized carbons (Fsp3) is 0.571. The number of fused-ring (bicyclic) bond motifs is 1. The van der Waals surface area contributed by atoms with Crippen LogP contribution >= 0.6 is 0 Å². The minimum atomic E-state index is -0.185. The van der Waals surface area contributed by atoms with E-state index in [0.29, 0.717) is 0 Å². The van der Waals surface area contributed by atoms with E-state index in [0.717, 1.165) is 42.9 Å². The van der Waals surface area contributed by atoms with Gasteiger partial charge in [-0.25, -0.2) is 0 Å². The number of aryl methyl sites for hydroxylation is 1. The highest BCUT2D eigenvalue weighted by Gasteiger charge is 2.40. The lowest BCUT2D eigenvalue weighted by atomic mass is 9.70. The standard InChI is InChI=1S/C14H19NO2/c1-9-8-11-10(4-7-17-11)12(13(9)16-2)14(15)5-3-6-14/h8H,3-7,15H2,1-2H3. The van der Waals surface area contributed by atoms with Crippen molar-refractivity contribution in [2.24, 2.45) is 5.73 Å². The first-order valence-corrected chi connectivity index (χ1v) is 6.28. The average molecular weight is 233 g/mol. The van der Waals surface area contributed by atoms with Gasteiger partial charge < -0.3 is 15.2 Å². The summed E-state index contributed by atoms with van der Waals surface area (Å²) in [5.74, 6) is 1.98. The Morgan fingerprint density at radius 2 is 2.18 bits per heavy atom. The van der Waals surface area contributed by atoms with Crippen LogP contribution in [0.1, 0.15) is 36.0 Å². The highest BCUT2D eigenvalue weighted by Crippen LogP contribution is 2.49. The van der Waals surface area contributed by atoms with Gasteiger partial charge in [0.05, 0.1) is 13.7 Å². The van der Waals surface area contributed by atoms with Gasteiger partial charge in [-0.2, -0.15) is 0 Å². The molecule has 92 valence electrons. The quantitative estimate of drug-likeness (QED) is 0.852. The molecule has 0 unspecified atom stereocenters. The Morgan fingerprint density at radius 3 is 2.76 bits per heavy atom. The van der Waals surface area contributed by atoms with Crippen molar-refractivity contribution in [2.75, 3.05) is 13.7 Å². The lowest BCUT2D eigenvalue weighted by Gasteiger charge is -2.40. The molecule has 0 amide bonds. The zero-order chi connectivity index (χ0) is 12.0. The van der Waals surface area contributed by atoms with E-state index in [2.05, 4.69) is 13.0 Å². The Bertz CT molecular complexity index is 460. The van der Waals surface area contributed by atoms with E-state index < -0.39 is 0 Å². The van der Waals surface area contributed by atoms with Crippen LogP contribution in [0.3, 0.4) is 0 Å². The molecule has 2 aliphatic rings. The summed E-state index contributed by atoms with van der Waals surface area (Å²) in [7, 11) is 1.73. The SMILES string of the molecule is COc1c(C)cc2c(c1C1(N)CCC1)CCO2. The summed E-state index contributed by atoms with van der Waals surface area (Å²) in [5.41, 5.74) is 9.93. The largest absolute Gasteiger partial charge is 0.496 e. The third-order valence-corrected chi connectivity index (χ3v) is 4.09. The lowest BCUT2D eigenvalue weighted by Crippen LogP contribution is -2.44. The van der Waals surface area contributed by atoms with Gasteiger partial charge in [0.15, 0.2) is 0 Å². The van der Waals surface area contributed by atoms with Crippen molar-refractivity contribution in [1.82, 2.24) is 0 Å². The Hall–Kier alpha value is -1.22. The van der Waals surface area contributed by atoms with Gasteiger partial charge in [-0.05, 0) is 37.8 Å². The molecule has 2 N–H and O–H groups in total. The van der Waals surface area contributed by atoms with E-state index in [1.165, 1.54) is 17.5 Å². The summed E-state index contributed by atoms with van der Waals surface area (Å²) >= 11 is 0. The molecule has 1 aliphatic heterocycles. The molecule has 3 rings (SSSR count). The van der Waals surface area contributed by atoms with Crippen LogP contribution in [-0.4, -0.2) is 13.7 Å². The molecular weight excluding hydrogens is 214 g/mol. The Labute approximate surface area is 102 Å². The average Bonchev–Trinajstić information content (AvgIpc) is 2.71. The van der Waals surface area contributed by atoms with Gasteiger partial charge in [0.25, 0.3) is 0 Å². The maximum Gasteiger partial charge on any atom is 0.127 e. The van der Waals surface area contributed by atoms with Crippen LogP contribution in [0, 0.1) is 6.92 Å². The smallest absolute Gasteiger partial charge is 0.127 e. The molecule has 0 spiro atoms. The molecular formula is C14H19NO2. The van der Waals surface area contributed by atoms with Crippen molar-refractivity contribution in [3.63, 3.8) is 0 Å². The molecule has 17 heavy (non-hydrogen) atoms. The molecule has 1 aliphatic carbocycles. The molecule has 3 nitrogen and oxygen atoms in total. The second-order valence-electron chi connectivity index (χ2n) is 5.19. The molecule has 1 saturated carbocycles. The van der Waals surface area contributed by atoms with Crippen LogP contribution in [0.2, 0.25) is 0 Å². The van der Waals surface area contributed by atoms with Gasteiger partial charge in [0, 0.05) is 23.1 Å². The monoisotopic (exact) mass is 233 g/mol. The maximum atomic E-state index is 6.51. The van der Waals surface area contributed by atoms with Gasteiger partial charge in [-0.1, -0.05) is 0 Å². The van der Waals surface area contributed by atoms with Crippen LogP contribution in [0.25, 0.3) is 0 Å². The third kappa shape index (κ3) is 1.45.